The van der Waals surface area contributed by atoms with Crippen molar-refractivity contribution in [2.75, 3.05) is 6.61 Å². The number of fused-ring (bicyclic) bond motifs is 2. The summed E-state index contributed by atoms with van der Waals surface area (Å²) in [6, 6.07) is 0. The molecular formula is C22H36F2O5. The van der Waals surface area contributed by atoms with E-state index in [4.69, 9.17) is 14.6 Å². The lowest BCUT2D eigenvalue weighted by atomic mass is 9.62. The van der Waals surface area contributed by atoms with Crippen molar-refractivity contribution in [1.82, 2.24) is 0 Å². The Balaban J connectivity index is 1.56. The van der Waals surface area contributed by atoms with Gasteiger partial charge in [-0.15, -0.1) is 0 Å². The molecule has 0 radical (unpaired) electrons. The van der Waals surface area contributed by atoms with Gasteiger partial charge in [-0.1, -0.05) is 32.6 Å². The maximum atomic E-state index is 14.7. The van der Waals surface area contributed by atoms with Gasteiger partial charge >= 0.3 is 11.9 Å². The zero-order valence-corrected chi connectivity index (χ0v) is 17.5. The molecule has 6 atom stereocenters. The average Bonchev–Trinajstić information content (AvgIpc) is 2.64. The van der Waals surface area contributed by atoms with Crippen LogP contribution >= 0.6 is 0 Å². The molecule has 3 aliphatic rings. The zero-order chi connectivity index (χ0) is 21.1. The molecule has 3 unspecified atom stereocenters. The Morgan fingerprint density at radius 1 is 1.14 bits per heavy atom. The van der Waals surface area contributed by atoms with Crippen molar-refractivity contribution in [3.8, 4) is 0 Å². The summed E-state index contributed by atoms with van der Waals surface area (Å²) in [6.45, 7) is 2.59. The quantitative estimate of drug-likeness (QED) is 0.473. The molecule has 1 aliphatic carbocycles. The number of aliphatic carboxylic acids is 1. The van der Waals surface area contributed by atoms with Gasteiger partial charge in [0.05, 0.1) is 18.8 Å². The minimum Gasteiger partial charge on any atom is -0.481 e. The van der Waals surface area contributed by atoms with Crippen LogP contribution in [0.25, 0.3) is 0 Å². The number of carbonyl (C=O) groups is 1. The number of rotatable bonds is 11. The molecule has 0 amide bonds. The third-order valence-electron chi connectivity index (χ3n) is 7.28. The normalized spacial score (nSPS) is 36.8. The van der Waals surface area contributed by atoms with Gasteiger partial charge in [-0.05, 0) is 37.5 Å². The van der Waals surface area contributed by atoms with Crippen molar-refractivity contribution in [3.05, 3.63) is 0 Å². The fraction of sp³-hybridized carbons (Fsp3) is 0.955. The minimum atomic E-state index is -3.23. The first-order valence-corrected chi connectivity index (χ1v) is 11.4. The highest BCUT2D eigenvalue weighted by molar-refractivity contribution is 5.66. The molecule has 7 heteroatoms. The van der Waals surface area contributed by atoms with E-state index in [1.54, 1.807) is 0 Å². The highest BCUT2D eigenvalue weighted by atomic mass is 19.3. The summed E-state index contributed by atoms with van der Waals surface area (Å²) in [5, 5.41) is 19.4. The van der Waals surface area contributed by atoms with Crippen molar-refractivity contribution in [2.24, 2.45) is 17.8 Å². The zero-order valence-electron chi connectivity index (χ0n) is 17.5. The molecule has 0 aromatic heterocycles. The van der Waals surface area contributed by atoms with Crippen LogP contribution in [0.3, 0.4) is 0 Å². The molecule has 5 nitrogen and oxygen atoms in total. The second-order valence-electron chi connectivity index (χ2n) is 9.23. The van der Waals surface area contributed by atoms with E-state index in [1.165, 1.54) is 0 Å². The van der Waals surface area contributed by atoms with Gasteiger partial charge in [0, 0.05) is 31.6 Å². The number of hydrogen-bond acceptors (Lipinski definition) is 4. The molecule has 3 fully saturated rings. The molecule has 0 spiro atoms. The lowest BCUT2D eigenvalue weighted by Gasteiger charge is -2.56. The first-order valence-electron chi connectivity index (χ1n) is 11.4. The predicted molar refractivity (Wildman–Crippen MR) is 104 cm³/mol. The van der Waals surface area contributed by atoms with Crippen LogP contribution < -0.4 is 0 Å². The van der Waals surface area contributed by atoms with Crippen LogP contribution in [0, 0.1) is 17.8 Å². The third-order valence-corrected chi connectivity index (χ3v) is 7.28. The first-order chi connectivity index (χ1) is 13.8. The van der Waals surface area contributed by atoms with Gasteiger partial charge in [-0.25, -0.2) is 8.78 Å². The Kier molecular flexibility index (Phi) is 7.55. The number of carboxylic acids is 1. The maximum absolute atomic E-state index is 14.7. The third kappa shape index (κ3) is 5.10. The van der Waals surface area contributed by atoms with Crippen LogP contribution in [-0.4, -0.2) is 46.7 Å². The van der Waals surface area contributed by atoms with Crippen LogP contribution in [0.5, 0.6) is 0 Å². The summed E-state index contributed by atoms with van der Waals surface area (Å²) in [7, 11) is 0. The molecule has 2 heterocycles. The summed E-state index contributed by atoms with van der Waals surface area (Å²) >= 11 is 0. The SMILES string of the molecule is CCCCC(F)(F)[C@@]1(O)CCC2[C@@H](CCCCCCC(=O)O)C3COC3C[C@H]2O1. The molecule has 1 saturated carbocycles. The van der Waals surface area contributed by atoms with E-state index in [-0.39, 0.29) is 37.4 Å². The molecule has 3 rings (SSSR count). The highest BCUT2D eigenvalue weighted by Gasteiger charge is 2.60. The summed E-state index contributed by atoms with van der Waals surface area (Å²) in [4.78, 5) is 10.6. The predicted octanol–water partition coefficient (Wildman–Crippen LogP) is 4.76. The number of halogens is 2. The van der Waals surface area contributed by atoms with Crippen LogP contribution in [0.2, 0.25) is 0 Å². The molecular weight excluding hydrogens is 382 g/mol. The maximum Gasteiger partial charge on any atom is 0.303 e. The van der Waals surface area contributed by atoms with Crippen molar-refractivity contribution in [1.29, 1.82) is 0 Å². The van der Waals surface area contributed by atoms with E-state index in [1.807, 2.05) is 6.92 Å². The largest absolute Gasteiger partial charge is 0.481 e. The number of aliphatic hydroxyl groups is 1. The van der Waals surface area contributed by atoms with E-state index >= 15 is 0 Å². The first kappa shape index (κ1) is 22.9. The number of hydrogen-bond donors (Lipinski definition) is 2. The van der Waals surface area contributed by atoms with Crippen molar-refractivity contribution in [3.63, 3.8) is 0 Å². The number of unbranched alkanes of at least 4 members (excludes halogenated alkanes) is 4. The number of carboxylic acid groups (broad SMARTS) is 1. The molecule has 0 aromatic rings. The Bertz CT molecular complexity index is 557. The van der Waals surface area contributed by atoms with Gasteiger partial charge in [0.1, 0.15) is 0 Å². The molecule has 0 bridgehead atoms. The molecule has 2 N–H and O–H groups in total. The van der Waals surface area contributed by atoms with E-state index in [0.29, 0.717) is 43.9 Å². The molecule has 29 heavy (non-hydrogen) atoms. The second-order valence-corrected chi connectivity index (χ2v) is 9.23. The van der Waals surface area contributed by atoms with Crippen molar-refractivity contribution in [2.45, 2.75) is 108 Å². The Morgan fingerprint density at radius 3 is 2.55 bits per heavy atom. The van der Waals surface area contributed by atoms with Crippen LogP contribution in [0.1, 0.15) is 84.0 Å². The van der Waals surface area contributed by atoms with Crippen LogP contribution in [0.4, 0.5) is 8.78 Å². The molecule has 2 aliphatic heterocycles. The number of alkyl halides is 2. The van der Waals surface area contributed by atoms with E-state index < -0.39 is 17.7 Å². The summed E-state index contributed by atoms with van der Waals surface area (Å²) in [5.74, 6) is -5.31. The Morgan fingerprint density at radius 2 is 1.90 bits per heavy atom. The van der Waals surface area contributed by atoms with Gasteiger partial charge in [-0.3, -0.25) is 4.79 Å². The van der Waals surface area contributed by atoms with Gasteiger partial charge in [-0.2, -0.15) is 0 Å². The van der Waals surface area contributed by atoms with Gasteiger partial charge in [0.2, 0.25) is 5.79 Å². The van der Waals surface area contributed by atoms with Gasteiger partial charge < -0.3 is 19.7 Å². The van der Waals surface area contributed by atoms with E-state index in [9.17, 15) is 18.7 Å². The van der Waals surface area contributed by atoms with E-state index in [2.05, 4.69) is 0 Å². The molecule has 168 valence electrons. The summed E-state index contributed by atoms with van der Waals surface area (Å²) in [6.07, 6.45) is 6.30. The summed E-state index contributed by atoms with van der Waals surface area (Å²) in [5.41, 5.74) is 0. The van der Waals surface area contributed by atoms with Crippen molar-refractivity contribution < 1.29 is 33.3 Å². The Labute approximate surface area is 172 Å². The minimum absolute atomic E-state index is 0.0156. The fourth-order valence-corrected chi connectivity index (χ4v) is 5.49. The standard InChI is InChI=1S/C22H36F2O5/c1-2-3-11-21(23,24)22(27)12-10-16-15(8-6-4-5-7-9-20(25)26)17-14-28-18(17)13-19(16)29-22/h15-19,27H,2-14H2,1H3,(H,25,26)/t15-,16?,17?,18?,19-,22-/m1/s1. The van der Waals surface area contributed by atoms with Crippen LogP contribution in [0.15, 0.2) is 0 Å². The smallest absolute Gasteiger partial charge is 0.303 e. The monoisotopic (exact) mass is 418 g/mol. The summed E-state index contributed by atoms with van der Waals surface area (Å²) < 4.78 is 40.8. The lowest BCUT2D eigenvalue weighted by Crippen LogP contribution is -2.63. The lowest BCUT2D eigenvalue weighted by molar-refractivity contribution is -0.374. The van der Waals surface area contributed by atoms with Crippen LogP contribution in [-0.2, 0) is 14.3 Å². The Hall–Kier alpha value is -0.790. The topological polar surface area (TPSA) is 76.0 Å². The van der Waals surface area contributed by atoms with Gasteiger partial charge in [0.25, 0.3) is 0 Å². The van der Waals surface area contributed by atoms with Crippen molar-refractivity contribution >= 4 is 5.97 Å². The molecule has 2 saturated heterocycles. The number of ether oxygens (including phenoxy) is 2. The van der Waals surface area contributed by atoms with Gasteiger partial charge in [0.15, 0.2) is 0 Å². The molecule has 0 aromatic carbocycles. The fourth-order valence-electron chi connectivity index (χ4n) is 5.49. The highest BCUT2D eigenvalue weighted by Crippen LogP contribution is 2.53. The average molecular weight is 419 g/mol. The van der Waals surface area contributed by atoms with E-state index in [0.717, 1.165) is 32.3 Å². The second kappa shape index (κ2) is 9.56.